The molecule has 0 aliphatic heterocycles. The van der Waals surface area contributed by atoms with Crippen molar-refractivity contribution >= 4 is 11.7 Å². The van der Waals surface area contributed by atoms with Gasteiger partial charge in [-0.15, -0.1) is 0 Å². The Morgan fingerprint density at radius 3 is 2.88 bits per heavy atom. The van der Waals surface area contributed by atoms with Gasteiger partial charge in [0.1, 0.15) is 5.82 Å². The highest BCUT2D eigenvalue weighted by molar-refractivity contribution is 5.91. The number of nitrogens with zero attached hydrogens (tertiary/aromatic N) is 1. The first-order valence-corrected chi connectivity index (χ1v) is 6.21. The van der Waals surface area contributed by atoms with E-state index in [0.717, 1.165) is 5.69 Å². The molecule has 1 aliphatic carbocycles. The molecule has 1 heterocycles. The second kappa shape index (κ2) is 5.77. The van der Waals surface area contributed by atoms with Gasteiger partial charge in [0.05, 0.1) is 6.54 Å². The second-order valence-corrected chi connectivity index (χ2v) is 4.57. The van der Waals surface area contributed by atoms with Gasteiger partial charge in [0.15, 0.2) is 0 Å². The lowest BCUT2D eigenvalue weighted by molar-refractivity contribution is -0.115. The van der Waals surface area contributed by atoms with E-state index in [9.17, 15) is 4.79 Å². The number of pyridine rings is 1. The van der Waals surface area contributed by atoms with Crippen LogP contribution < -0.4 is 10.6 Å². The van der Waals surface area contributed by atoms with E-state index in [1.165, 1.54) is 25.7 Å². The minimum Gasteiger partial charge on any atom is -0.310 e. The molecule has 4 heteroatoms. The molecule has 1 amide bonds. The molecule has 1 aliphatic rings. The number of carbonyl (C=O) groups excluding carboxylic acids is 1. The Labute approximate surface area is 102 Å². The lowest BCUT2D eigenvalue weighted by Crippen LogP contribution is -2.34. The van der Waals surface area contributed by atoms with E-state index < -0.39 is 0 Å². The number of hydrogen-bond acceptors (Lipinski definition) is 3. The van der Waals surface area contributed by atoms with Crippen molar-refractivity contribution in [2.45, 2.75) is 38.6 Å². The van der Waals surface area contributed by atoms with Crippen LogP contribution in [0.3, 0.4) is 0 Å². The maximum Gasteiger partial charge on any atom is 0.239 e. The Balaban J connectivity index is 1.76. The number of anilines is 1. The summed E-state index contributed by atoms with van der Waals surface area (Å²) in [4.78, 5) is 15.9. The summed E-state index contributed by atoms with van der Waals surface area (Å²) in [6.07, 6.45) is 4.93. The molecule has 4 nitrogen and oxygen atoms in total. The first-order valence-electron chi connectivity index (χ1n) is 6.21. The minimum atomic E-state index is -0.0185. The van der Waals surface area contributed by atoms with Gasteiger partial charge in [-0.05, 0) is 31.9 Å². The van der Waals surface area contributed by atoms with E-state index in [1.54, 1.807) is 6.07 Å². The van der Waals surface area contributed by atoms with E-state index in [1.807, 2.05) is 19.1 Å². The van der Waals surface area contributed by atoms with Crippen LogP contribution in [0.4, 0.5) is 5.82 Å². The van der Waals surface area contributed by atoms with Crippen LogP contribution in [0, 0.1) is 6.92 Å². The average molecular weight is 233 g/mol. The Morgan fingerprint density at radius 2 is 2.18 bits per heavy atom. The lowest BCUT2D eigenvalue weighted by atomic mass is 10.2. The normalized spacial score (nSPS) is 16.1. The van der Waals surface area contributed by atoms with Crippen LogP contribution >= 0.6 is 0 Å². The number of aromatic nitrogens is 1. The van der Waals surface area contributed by atoms with Crippen LogP contribution in [-0.4, -0.2) is 23.5 Å². The Bertz CT molecular complexity index is 386. The van der Waals surface area contributed by atoms with Gasteiger partial charge in [-0.1, -0.05) is 18.9 Å². The number of amides is 1. The summed E-state index contributed by atoms with van der Waals surface area (Å²) in [5.41, 5.74) is 0.909. The van der Waals surface area contributed by atoms with E-state index in [-0.39, 0.29) is 5.91 Å². The summed E-state index contributed by atoms with van der Waals surface area (Å²) in [5, 5.41) is 6.07. The van der Waals surface area contributed by atoms with Crippen molar-refractivity contribution in [1.82, 2.24) is 10.3 Å². The Morgan fingerprint density at radius 1 is 1.41 bits per heavy atom. The van der Waals surface area contributed by atoms with Crippen LogP contribution in [0.25, 0.3) is 0 Å². The SMILES string of the molecule is Cc1cccc(NC(=O)CNC2CCCC2)n1. The smallest absolute Gasteiger partial charge is 0.239 e. The third-order valence-corrected chi connectivity index (χ3v) is 3.06. The predicted octanol–water partition coefficient (Wildman–Crippen LogP) is 1.86. The highest BCUT2D eigenvalue weighted by Gasteiger charge is 2.15. The summed E-state index contributed by atoms with van der Waals surface area (Å²) in [5.74, 6) is 0.609. The van der Waals surface area contributed by atoms with E-state index >= 15 is 0 Å². The summed E-state index contributed by atoms with van der Waals surface area (Å²) in [6, 6.07) is 6.13. The molecule has 1 aromatic heterocycles. The molecular formula is C13H19N3O. The Kier molecular flexibility index (Phi) is 4.09. The molecule has 0 unspecified atom stereocenters. The molecule has 0 aromatic carbocycles. The van der Waals surface area contributed by atoms with Crippen molar-refractivity contribution in [3.63, 3.8) is 0 Å². The molecule has 17 heavy (non-hydrogen) atoms. The van der Waals surface area contributed by atoms with Gasteiger partial charge in [-0.3, -0.25) is 4.79 Å². The maximum atomic E-state index is 11.7. The minimum absolute atomic E-state index is 0.0185. The van der Waals surface area contributed by atoms with Gasteiger partial charge in [0, 0.05) is 11.7 Å². The zero-order chi connectivity index (χ0) is 12.1. The van der Waals surface area contributed by atoms with Gasteiger partial charge in [-0.25, -0.2) is 4.98 Å². The largest absolute Gasteiger partial charge is 0.310 e. The fourth-order valence-electron chi connectivity index (χ4n) is 2.17. The lowest BCUT2D eigenvalue weighted by Gasteiger charge is -2.11. The molecular weight excluding hydrogens is 214 g/mol. The van der Waals surface area contributed by atoms with Crippen molar-refractivity contribution in [1.29, 1.82) is 0 Å². The number of hydrogen-bond donors (Lipinski definition) is 2. The van der Waals surface area contributed by atoms with Gasteiger partial charge in [-0.2, -0.15) is 0 Å². The third kappa shape index (κ3) is 3.82. The summed E-state index contributed by atoms with van der Waals surface area (Å²) in [7, 11) is 0. The average Bonchev–Trinajstić information content (AvgIpc) is 2.79. The second-order valence-electron chi connectivity index (χ2n) is 4.57. The van der Waals surface area contributed by atoms with E-state index in [2.05, 4.69) is 15.6 Å². The quantitative estimate of drug-likeness (QED) is 0.834. The van der Waals surface area contributed by atoms with Crippen molar-refractivity contribution < 1.29 is 4.79 Å². The van der Waals surface area contributed by atoms with Crippen LogP contribution in [0.1, 0.15) is 31.4 Å². The fraction of sp³-hybridized carbons (Fsp3) is 0.538. The molecule has 0 spiro atoms. The molecule has 1 fully saturated rings. The van der Waals surface area contributed by atoms with Crippen LogP contribution in [0.15, 0.2) is 18.2 Å². The zero-order valence-electron chi connectivity index (χ0n) is 10.2. The molecule has 2 rings (SSSR count). The van der Waals surface area contributed by atoms with E-state index in [0.29, 0.717) is 18.4 Å². The standard InChI is InChI=1S/C13H19N3O/c1-10-5-4-8-12(15-10)16-13(17)9-14-11-6-2-3-7-11/h4-5,8,11,14H,2-3,6-7,9H2,1H3,(H,15,16,17). The number of rotatable bonds is 4. The fourth-order valence-corrected chi connectivity index (χ4v) is 2.17. The Hall–Kier alpha value is -1.42. The molecule has 2 N–H and O–H groups in total. The molecule has 1 saturated carbocycles. The first kappa shape index (κ1) is 12.0. The number of carbonyl (C=O) groups is 1. The molecule has 92 valence electrons. The first-order chi connectivity index (χ1) is 8.24. The summed E-state index contributed by atoms with van der Waals surface area (Å²) < 4.78 is 0. The highest BCUT2D eigenvalue weighted by atomic mass is 16.1. The third-order valence-electron chi connectivity index (χ3n) is 3.06. The summed E-state index contributed by atoms with van der Waals surface area (Å²) in [6.45, 7) is 2.28. The molecule has 0 atom stereocenters. The van der Waals surface area contributed by atoms with Crippen molar-refractivity contribution in [2.24, 2.45) is 0 Å². The van der Waals surface area contributed by atoms with Gasteiger partial charge < -0.3 is 10.6 Å². The van der Waals surface area contributed by atoms with Crippen LogP contribution in [0.5, 0.6) is 0 Å². The zero-order valence-corrected chi connectivity index (χ0v) is 10.2. The van der Waals surface area contributed by atoms with Crippen LogP contribution in [0.2, 0.25) is 0 Å². The number of aryl methyl sites for hydroxylation is 1. The van der Waals surface area contributed by atoms with Gasteiger partial charge in [0.2, 0.25) is 5.91 Å². The van der Waals surface area contributed by atoms with E-state index in [4.69, 9.17) is 0 Å². The van der Waals surface area contributed by atoms with Crippen molar-refractivity contribution in [3.05, 3.63) is 23.9 Å². The molecule has 0 bridgehead atoms. The molecule has 0 saturated heterocycles. The van der Waals surface area contributed by atoms with Gasteiger partial charge in [0.25, 0.3) is 0 Å². The molecule has 0 radical (unpaired) electrons. The summed E-state index contributed by atoms with van der Waals surface area (Å²) >= 11 is 0. The topological polar surface area (TPSA) is 54.0 Å². The molecule has 1 aromatic rings. The number of nitrogens with one attached hydrogen (secondary N) is 2. The highest BCUT2D eigenvalue weighted by Crippen LogP contribution is 2.17. The van der Waals surface area contributed by atoms with Crippen LogP contribution in [-0.2, 0) is 4.79 Å². The maximum absolute atomic E-state index is 11.7. The van der Waals surface area contributed by atoms with Gasteiger partial charge >= 0.3 is 0 Å². The predicted molar refractivity (Wildman–Crippen MR) is 67.9 cm³/mol. The monoisotopic (exact) mass is 233 g/mol. The van der Waals surface area contributed by atoms with Crippen molar-refractivity contribution in [2.75, 3.05) is 11.9 Å². The van der Waals surface area contributed by atoms with Crippen molar-refractivity contribution in [3.8, 4) is 0 Å².